The van der Waals surface area contributed by atoms with Gasteiger partial charge in [0.25, 0.3) is 0 Å². The zero-order valence-electron chi connectivity index (χ0n) is 7.52. The first-order valence-corrected chi connectivity index (χ1v) is 4.29. The molecule has 0 aromatic carbocycles. The van der Waals surface area contributed by atoms with Gasteiger partial charge in [-0.15, -0.1) is 0 Å². The van der Waals surface area contributed by atoms with E-state index in [1.807, 2.05) is 13.1 Å². The van der Waals surface area contributed by atoms with Crippen LogP contribution in [-0.2, 0) is 0 Å². The molecule has 62 valence electrons. The fraction of sp³-hybridized carbons (Fsp3) is 0.667. The highest BCUT2D eigenvalue weighted by Crippen LogP contribution is 2.20. The van der Waals surface area contributed by atoms with Crippen molar-refractivity contribution in [3.05, 3.63) is 17.7 Å². The van der Waals surface area contributed by atoms with E-state index in [0.717, 1.165) is 5.82 Å². The largest absolute Gasteiger partial charge is 0.349 e. The molecule has 2 heteroatoms. The molecule has 11 heavy (non-hydrogen) atoms. The Bertz CT molecular complexity index is 211. The summed E-state index contributed by atoms with van der Waals surface area (Å²) in [6.07, 6.45) is 4.38. The molecule has 1 N–H and O–H groups in total. The van der Waals surface area contributed by atoms with Crippen LogP contribution in [0.3, 0.4) is 0 Å². The van der Waals surface area contributed by atoms with E-state index in [9.17, 15) is 0 Å². The van der Waals surface area contributed by atoms with Gasteiger partial charge in [-0.2, -0.15) is 0 Å². The molecule has 0 saturated carbocycles. The molecule has 0 radical (unpaired) electrons. The van der Waals surface area contributed by atoms with Crippen molar-refractivity contribution >= 4 is 0 Å². The second-order valence-electron chi connectivity index (χ2n) is 2.92. The Morgan fingerprint density at radius 2 is 2.09 bits per heavy atom. The van der Waals surface area contributed by atoms with Crippen molar-refractivity contribution in [3.8, 4) is 0 Å². The fourth-order valence-corrected chi connectivity index (χ4v) is 1.35. The molecule has 0 aliphatic rings. The molecule has 1 aromatic heterocycles. The molecule has 1 heterocycles. The third kappa shape index (κ3) is 1.82. The van der Waals surface area contributed by atoms with Crippen molar-refractivity contribution in [1.29, 1.82) is 0 Å². The number of nitrogens with one attached hydrogen (secondary N) is 1. The maximum atomic E-state index is 4.40. The molecule has 0 bridgehead atoms. The number of rotatable bonds is 3. The van der Waals surface area contributed by atoms with E-state index in [4.69, 9.17) is 0 Å². The predicted octanol–water partition coefficient (Wildman–Crippen LogP) is 2.62. The summed E-state index contributed by atoms with van der Waals surface area (Å²) in [6.45, 7) is 6.40. The van der Waals surface area contributed by atoms with Crippen LogP contribution in [-0.4, -0.2) is 9.97 Å². The summed E-state index contributed by atoms with van der Waals surface area (Å²) in [5.41, 5.74) is 1.22. The summed E-state index contributed by atoms with van der Waals surface area (Å²) in [5, 5.41) is 0. The molecular formula is C9H16N2. The van der Waals surface area contributed by atoms with Gasteiger partial charge >= 0.3 is 0 Å². The summed E-state index contributed by atoms with van der Waals surface area (Å²) in [4.78, 5) is 7.50. The maximum absolute atomic E-state index is 4.40. The Hall–Kier alpha value is -0.790. The van der Waals surface area contributed by atoms with Gasteiger partial charge in [0.15, 0.2) is 0 Å². The van der Waals surface area contributed by atoms with Crippen LogP contribution in [0.15, 0.2) is 6.20 Å². The number of hydrogen-bond donors (Lipinski definition) is 1. The van der Waals surface area contributed by atoms with Crippen LogP contribution in [0, 0.1) is 6.92 Å². The van der Waals surface area contributed by atoms with Crippen LogP contribution in [0.5, 0.6) is 0 Å². The molecule has 0 saturated heterocycles. The molecule has 1 aromatic rings. The standard InChI is InChI=1S/C9H16N2/c1-4-8(5-2)9-6-10-7(3)11-9/h6,8H,4-5H2,1-3H3,(H,10,11). The number of aromatic nitrogens is 2. The zero-order valence-corrected chi connectivity index (χ0v) is 7.52. The van der Waals surface area contributed by atoms with Crippen LogP contribution in [0.4, 0.5) is 0 Å². The van der Waals surface area contributed by atoms with Crippen molar-refractivity contribution in [1.82, 2.24) is 9.97 Å². The van der Waals surface area contributed by atoms with Crippen LogP contribution < -0.4 is 0 Å². The summed E-state index contributed by atoms with van der Waals surface area (Å²) in [6, 6.07) is 0. The number of nitrogens with zero attached hydrogens (tertiary/aromatic N) is 1. The molecule has 0 aliphatic heterocycles. The van der Waals surface area contributed by atoms with Gasteiger partial charge in [0, 0.05) is 12.1 Å². The molecule has 0 fully saturated rings. The number of imidazole rings is 1. The quantitative estimate of drug-likeness (QED) is 0.708. The van der Waals surface area contributed by atoms with E-state index in [2.05, 4.69) is 23.8 Å². The van der Waals surface area contributed by atoms with Gasteiger partial charge in [-0.05, 0) is 19.8 Å². The molecule has 1 rings (SSSR count). The molecule has 0 spiro atoms. The van der Waals surface area contributed by atoms with Gasteiger partial charge in [-0.25, -0.2) is 4.98 Å². The van der Waals surface area contributed by atoms with Crippen molar-refractivity contribution in [3.63, 3.8) is 0 Å². The molecular weight excluding hydrogens is 136 g/mol. The number of H-pyrrole nitrogens is 1. The summed E-state index contributed by atoms with van der Waals surface area (Å²) < 4.78 is 0. The van der Waals surface area contributed by atoms with Gasteiger partial charge in [0.05, 0.1) is 5.69 Å². The van der Waals surface area contributed by atoms with Gasteiger partial charge in [-0.1, -0.05) is 13.8 Å². The Labute approximate surface area is 68.0 Å². The highest BCUT2D eigenvalue weighted by atomic mass is 14.9. The minimum absolute atomic E-state index is 0.639. The first-order valence-electron chi connectivity index (χ1n) is 4.29. The van der Waals surface area contributed by atoms with Crippen LogP contribution in [0.2, 0.25) is 0 Å². The SMILES string of the molecule is CCC(CC)c1c[nH]c(C)n1. The highest BCUT2D eigenvalue weighted by Gasteiger charge is 2.08. The van der Waals surface area contributed by atoms with E-state index in [1.54, 1.807) is 0 Å². The van der Waals surface area contributed by atoms with Gasteiger partial charge < -0.3 is 4.98 Å². The average Bonchev–Trinajstić information content (AvgIpc) is 2.39. The Morgan fingerprint density at radius 3 is 2.45 bits per heavy atom. The fourth-order valence-electron chi connectivity index (χ4n) is 1.35. The minimum atomic E-state index is 0.639. The van der Waals surface area contributed by atoms with Crippen LogP contribution in [0.25, 0.3) is 0 Å². The molecule has 0 atom stereocenters. The smallest absolute Gasteiger partial charge is 0.103 e. The Morgan fingerprint density at radius 1 is 1.45 bits per heavy atom. The first-order chi connectivity index (χ1) is 5.27. The van der Waals surface area contributed by atoms with E-state index in [0.29, 0.717) is 5.92 Å². The topological polar surface area (TPSA) is 28.7 Å². The number of aryl methyl sites for hydroxylation is 1. The van der Waals surface area contributed by atoms with Gasteiger partial charge in [0.2, 0.25) is 0 Å². The first kappa shape index (κ1) is 8.31. The second kappa shape index (κ2) is 3.56. The lowest BCUT2D eigenvalue weighted by atomic mass is 10.0. The second-order valence-corrected chi connectivity index (χ2v) is 2.92. The third-order valence-electron chi connectivity index (χ3n) is 2.13. The monoisotopic (exact) mass is 152 g/mol. The third-order valence-corrected chi connectivity index (χ3v) is 2.13. The molecule has 0 amide bonds. The summed E-state index contributed by atoms with van der Waals surface area (Å²) >= 11 is 0. The lowest BCUT2D eigenvalue weighted by Gasteiger charge is -2.06. The minimum Gasteiger partial charge on any atom is -0.349 e. The normalized spacial score (nSPS) is 10.9. The van der Waals surface area contributed by atoms with E-state index in [1.165, 1.54) is 18.5 Å². The van der Waals surface area contributed by atoms with E-state index >= 15 is 0 Å². The lowest BCUT2D eigenvalue weighted by molar-refractivity contribution is 0.626. The van der Waals surface area contributed by atoms with Crippen molar-refractivity contribution < 1.29 is 0 Å². The van der Waals surface area contributed by atoms with Crippen molar-refractivity contribution in [2.75, 3.05) is 0 Å². The molecule has 0 aliphatic carbocycles. The molecule has 0 unspecified atom stereocenters. The van der Waals surface area contributed by atoms with Gasteiger partial charge in [-0.3, -0.25) is 0 Å². The van der Waals surface area contributed by atoms with Gasteiger partial charge in [0.1, 0.15) is 5.82 Å². The maximum Gasteiger partial charge on any atom is 0.103 e. The summed E-state index contributed by atoms with van der Waals surface area (Å²) in [7, 11) is 0. The number of hydrogen-bond acceptors (Lipinski definition) is 1. The van der Waals surface area contributed by atoms with E-state index in [-0.39, 0.29) is 0 Å². The van der Waals surface area contributed by atoms with E-state index < -0.39 is 0 Å². The predicted molar refractivity (Wildman–Crippen MR) is 46.6 cm³/mol. The van der Waals surface area contributed by atoms with Crippen LogP contribution >= 0.6 is 0 Å². The summed E-state index contributed by atoms with van der Waals surface area (Å²) in [5.74, 6) is 1.66. The average molecular weight is 152 g/mol. The van der Waals surface area contributed by atoms with Crippen molar-refractivity contribution in [2.24, 2.45) is 0 Å². The number of aromatic amines is 1. The zero-order chi connectivity index (χ0) is 8.27. The Balaban J connectivity index is 2.73. The Kier molecular flexibility index (Phi) is 2.69. The van der Waals surface area contributed by atoms with Crippen LogP contribution in [0.1, 0.15) is 44.1 Å². The lowest BCUT2D eigenvalue weighted by Crippen LogP contribution is -1.95. The molecule has 2 nitrogen and oxygen atoms in total. The van der Waals surface area contributed by atoms with Crippen molar-refractivity contribution in [2.45, 2.75) is 39.5 Å². The highest BCUT2D eigenvalue weighted by molar-refractivity contribution is 5.06.